The molecule has 94 valence electrons. The monoisotopic (exact) mass is 251 g/mol. The van der Waals surface area contributed by atoms with Gasteiger partial charge in [-0.15, -0.1) is 0 Å². The fraction of sp³-hybridized carbons (Fsp3) is 0.125. The number of carboxylic acids is 1. The molecule has 0 saturated heterocycles. The van der Waals surface area contributed by atoms with E-state index in [2.05, 4.69) is 16.8 Å². The molecule has 1 heterocycles. The highest BCUT2D eigenvalue weighted by Crippen LogP contribution is 2.23. The number of nitrogens with zero attached hydrogens (tertiary/aromatic N) is 1. The summed E-state index contributed by atoms with van der Waals surface area (Å²) in [6, 6.07) is 12.5. The molecule has 0 fully saturated rings. The number of carbonyl (C=O) groups is 1. The first-order chi connectivity index (χ1) is 9.13. The molecule has 0 aliphatic carbocycles. The summed E-state index contributed by atoms with van der Waals surface area (Å²) in [5.41, 5.74) is 0.201. The number of aliphatic carboxylic acids is 1. The second-order valence-corrected chi connectivity index (χ2v) is 4.28. The Morgan fingerprint density at radius 2 is 1.79 bits per heavy atom. The smallest absolute Gasteiger partial charge is 0.326 e. The molecule has 1 aromatic heterocycles. The number of pyridine rings is 1. The van der Waals surface area contributed by atoms with Crippen molar-refractivity contribution in [2.24, 2.45) is 0 Å². The van der Waals surface area contributed by atoms with Crippen LogP contribution >= 0.6 is 0 Å². The zero-order valence-electron chi connectivity index (χ0n) is 10.5. The van der Waals surface area contributed by atoms with Gasteiger partial charge in [-0.3, -0.25) is 9.78 Å². The van der Waals surface area contributed by atoms with E-state index in [4.69, 9.17) is 0 Å². The van der Waals surface area contributed by atoms with Gasteiger partial charge in [-0.25, -0.2) is 0 Å². The molecule has 1 N–H and O–H groups in total. The lowest BCUT2D eigenvalue weighted by molar-refractivity contribution is -0.140. The molecule has 0 bridgehead atoms. The van der Waals surface area contributed by atoms with E-state index in [9.17, 15) is 9.90 Å². The van der Waals surface area contributed by atoms with Crippen molar-refractivity contribution in [3.8, 4) is 11.8 Å². The van der Waals surface area contributed by atoms with E-state index < -0.39 is 11.4 Å². The van der Waals surface area contributed by atoms with Crippen LogP contribution in [0.1, 0.15) is 18.1 Å². The lowest BCUT2D eigenvalue weighted by Gasteiger charge is -2.18. The third-order valence-electron chi connectivity index (χ3n) is 2.92. The van der Waals surface area contributed by atoms with Crippen LogP contribution in [0.15, 0.2) is 54.9 Å². The number of hydrogen-bond acceptors (Lipinski definition) is 2. The normalized spacial score (nSPS) is 12.9. The average molecular weight is 251 g/mol. The average Bonchev–Trinajstić information content (AvgIpc) is 2.46. The zero-order valence-corrected chi connectivity index (χ0v) is 10.5. The summed E-state index contributed by atoms with van der Waals surface area (Å²) in [6.07, 6.45) is 3.26. The van der Waals surface area contributed by atoms with E-state index >= 15 is 0 Å². The summed E-state index contributed by atoms with van der Waals surface area (Å²) in [5.74, 6) is 4.79. The van der Waals surface area contributed by atoms with E-state index in [1.54, 1.807) is 43.6 Å². The van der Waals surface area contributed by atoms with Gasteiger partial charge in [0, 0.05) is 18.0 Å². The maximum atomic E-state index is 11.5. The van der Waals surface area contributed by atoms with E-state index in [1.165, 1.54) is 0 Å². The zero-order chi connectivity index (χ0) is 13.7. The predicted octanol–water partition coefficient (Wildman–Crippen LogP) is 2.48. The number of aromatic nitrogens is 1. The Bertz CT molecular complexity index is 626. The first-order valence-electron chi connectivity index (χ1n) is 5.85. The SMILES string of the molecule is CC(C#Cc1ccncc1)(C(=O)O)c1ccccc1. The molecule has 3 nitrogen and oxygen atoms in total. The Balaban J connectivity index is 2.43. The standard InChI is InChI=1S/C16H13NO2/c1-16(15(18)19,14-5-3-2-4-6-14)10-7-13-8-11-17-12-9-13/h2-6,8-9,11-12H,1H3,(H,18,19). The van der Waals surface area contributed by atoms with E-state index in [0.29, 0.717) is 5.56 Å². The summed E-state index contributed by atoms with van der Waals surface area (Å²) in [4.78, 5) is 15.4. The molecule has 1 aromatic carbocycles. The first-order valence-corrected chi connectivity index (χ1v) is 5.85. The van der Waals surface area contributed by atoms with Gasteiger partial charge in [0.05, 0.1) is 0 Å². The Labute approximate surface area is 111 Å². The molecule has 0 aliphatic heterocycles. The quantitative estimate of drug-likeness (QED) is 0.834. The Morgan fingerprint density at radius 1 is 1.16 bits per heavy atom. The van der Waals surface area contributed by atoms with Crippen LogP contribution in [0.4, 0.5) is 0 Å². The van der Waals surface area contributed by atoms with Crippen LogP contribution in [0.25, 0.3) is 0 Å². The highest BCUT2D eigenvalue weighted by atomic mass is 16.4. The van der Waals surface area contributed by atoms with Gasteiger partial charge in [-0.2, -0.15) is 0 Å². The van der Waals surface area contributed by atoms with Crippen molar-refractivity contribution in [2.75, 3.05) is 0 Å². The summed E-state index contributed by atoms with van der Waals surface area (Å²) >= 11 is 0. The van der Waals surface area contributed by atoms with Crippen LogP contribution in [-0.4, -0.2) is 16.1 Å². The maximum absolute atomic E-state index is 11.5. The van der Waals surface area contributed by atoms with Crippen LogP contribution in [0, 0.1) is 11.8 Å². The lowest BCUT2D eigenvalue weighted by Crippen LogP contribution is -2.30. The third kappa shape index (κ3) is 2.80. The molecule has 1 unspecified atom stereocenters. The minimum absolute atomic E-state index is 0.670. The van der Waals surface area contributed by atoms with Gasteiger partial charge >= 0.3 is 5.97 Å². The minimum atomic E-state index is -1.22. The summed E-state index contributed by atoms with van der Waals surface area (Å²) < 4.78 is 0. The number of hydrogen-bond donors (Lipinski definition) is 1. The molecule has 2 rings (SSSR count). The van der Waals surface area contributed by atoms with Gasteiger partial charge in [0.25, 0.3) is 0 Å². The van der Waals surface area contributed by atoms with Gasteiger partial charge in [-0.05, 0) is 24.6 Å². The van der Waals surface area contributed by atoms with E-state index in [-0.39, 0.29) is 0 Å². The molecule has 1 atom stereocenters. The van der Waals surface area contributed by atoms with Crippen molar-refractivity contribution in [1.82, 2.24) is 4.98 Å². The van der Waals surface area contributed by atoms with Crippen LogP contribution < -0.4 is 0 Å². The van der Waals surface area contributed by atoms with E-state index in [0.717, 1.165) is 5.56 Å². The molecule has 0 aliphatic rings. The van der Waals surface area contributed by atoms with Crippen molar-refractivity contribution in [3.63, 3.8) is 0 Å². The molecule has 0 radical (unpaired) electrons. The largest absolute Gasteiger partial charge is 0.480 e. The highest BCUT2D eigenvalue weighted by Gasteiger charge is 2.33. The van der Waals surface area contributed by atoms with Gasteiger partial charge < -0.3 is 5.11 Å². The van der Waals surface area contributed by atoms with Crippen LogP contribution in [0.5, 0.6) is 0 Å². The van der Waals surface area contributed by atoms with Crippen molar-refractivity contribution >= 4 is 5.97 Å². The van der Waals surface area contributed by atoms with Gasteiger partial charge in [0.1, 0.15) is 0 Å². The summed E-state index contributed by atoms with van der Waals surface area (Å²) in [6.45, 7) is 1.61. The van der Waals surface area contributed by atoms with Gasteiger partial charge in [-0.1, -0.05) is 42.2 Å². The first kappa shape index (κ1) is 12.8. The second-order valence-electron chi connectivity index (χ2n) is 4.28. The van der Waals surface area contributed by atoms with Crippen LogP contribution in [-0.2, 0) is 10.2 Å². The Hall–Kier alpha value is -2.60. The topological polar surface area (TPSA) is 50.2 Å². The third-order valence-corrected chi connectivity index (χ3v) is 2.92. The summed E-state index contributed by atoms with van der Waals surface area (Å²) in [5, 5.41) is 9.45. The fourth-order valence-corrected chi connectivity index (χ4v) is 1.65. The lowest BCUT2D eigenvalue weighted by atomic mass is 9.83. The molecule has 3 heteroatoms. The fourth-order valence-electron chi connectivity index (χ4n) is 1.65. The van der Waals surface area contributed by atoms with Crippen molar-refractivity contribution < 1.29 is 9.90 Å². The van der Waals surface area contributed by atoms with Crippen LogP contribution in [0.3, 0.4) is 0 Å². The minimum Gasteiger partial charge on any atom is -0.480 e. The highest BCUT2D eigenvalue weighted by molar-refractivity contribution is 5.85. The molecule has 0 spiro atoms. The van der Waals surface area contributed by atoms with Crippen LogP contribution in [0.2, 0.25) is 0 Å². The van der Waals surface area contributed by atoms with Crippen molar-refractivity contribution in [1.29, 1.82) is 0 Å². The Kier molecular flexibility index (Phi) is 3.63. The number of carboxylic acid groups (broad SMARTS) is 1. The molecule has 2 aromatic rings. The molecule has 0 saturated carbocycles. The van der Waals surface area contributed by atoms with Crippen molar-refractivity contribution in [2.45, 2.75) is 12.3 Å². The maximum Gasteiger partial charge on any atom is 0.326 e. The summed E-state index contributed by atoms with van der Waals surface area (Å²) in [7, 11) is 0. The predicted molar refractivity (Wildman–Crippen MR) is 72.5 cm³/mol. The molecule has 19 heavy (non-hydrogen) atoms. The molecule has 0 amide bonds. The number of rotatable bonds is 2. The van der Waals surface area contributed by atoms with Crippen molar-refractivity contribution in [3.05, 3.63) is 66.0 Å². The van der Waals surface area contributed by atoms with E-state index in [1.807, 2.05) is 18.2 Å². The molecular formula is C16H13NO2. The number of benzene rings is 1. The van der Waals surface area contributed by atoms with Gasteiger partial charge in [0.2, 0.25) is 0 Å². The second kappa shape index (κ2) is 5.36. The molecular weight excluding hydrogens is 238 g/mol. The Morgan fingerprint density at radius 3 is 2.37 bits per heavy atom. The van der Waals surface area contributed by atoms with Gasteiger partial charge in [0.15, 0.2) is 5.41 Å².